The third-order valence-corrected chi connectivity index (χ3v) is 3.98. The number of aromatic hydroxyl groups is 1. The third kappa shape index (κ3) is 3.54. The molecule has 4 heteroatoms. The SMILES string of the molecule is Cn1cc(CCNC(=O)Cc2ccccc2)c2cc(O)ccc21. The molecule has 3 rings (SSSR count). The number of carbonyl (C=O) groups excluding carboxylic acids is 1. The van der Waals surface area contributed by atoms with Gasteiger partial charge in [-0.15, -0.1) is 0 Å². The molecule has 3 aromatic rings. The van der Waals surface area contributed by atoms with Gasteiger partial charge in [-0.25, -0.2) is 0 Å². The molecule has 0 aliphatic carbocycles. The molecule has 2 aromatic carbocycles. The fraction of sp³-hybridized carbons (Fsp3) is 0.211. The number of nitrogens with zero attached hydrogens (tertiary/aromatic N) is 1. The minimum Gasteiger partial charge on any atom is -0.508 e. The summed E-state index contributed by atoms with van der Waals surface area (Å²) in [6.45, 7) is 0.584. The molecule has 0 atom stereocenters. The third-order valence-electron chi connectivity index (χ3n) is 3.98. The molecular weight excluding hydrogens is 288 g/mol. The predicted molar refractivity (Wildman–Crippen MR) is 91.4 cm³/mol. The highest BCUT2D eigenvalue weighted by atomic mass is 16.3. The highest BCUT2D eigenvalue weighted by molar-refractivity contribution is 5.85. The molecular formula is C19H20N2O2. The van der Waals surface area contributed by atoms with E-state index in [0.29, 0.717) is 13.0 Å². The number of carbonyl (C=O) groups is 1. The minimum atomic E-state index is 0.0271. The van der Waals surface area contributed by atoms with E-state index in [-0.39, 0.29) is 11.7 Å². The summed E-state index contributed by atoms with van der Waals surface area (Å²) in [4.78, 5) is 12.0. The molecule has 0 unspecified atom stereocenters. The highest BCUT2D eigenvalue weighted by Crippen LogP contribution is 2.24. The zero-order chi connectivity index (χ0) is 16.2. The van der Waals surface area contributed by atoms with E-state index in [2.05, 4.69) is 5.32 Å². The zero-order valence-electron chi connectivity index (χ0n) is 13.1. The Bertz CT molecular complexity index is 822. The Kier molecular flexibility index (Phi) is 4.33. The van der Waals surface area contributed by atoms with Crippen LogP contribution in [0.3, 0.4) is 0 Å². The van der Waals surface area contributed by atoms with Gasteiger partial charge in [0.2, 0.25) is 5.91 Å². The number of amides is 1. The Morgan fingerprint density at radius 2 is 1.96 bits per heavy atom. The van der Waals surface area contributed by atoms with Crippen molar-refractivity contribution in [2.45, 2.75) is 12.8 Å². The van der Waals surface area contributed by atoms with Crippen molar-refractivity contribution in [3.8, 4) is 5.75 Å². The largest absolute Gasteiger partial charge is 0.508 e. The molecule has 0 aliphatic rings. The van der Waals surface area contributed by atoms with Crippen molar-refractivity contribution in [2.24, 2.45) is 7.05 Å². The first kappa shape index (κ1) is 15.2. The van der Waals surface area contributed by atoms with Gasteiger partial charge in [0.05, 0.1) is 6.42 Å². The quantitative estimate of drug-likeness (QED) is 0.761. The lowest BCUT2D eigenvalue weighted by Crippen LogP contribution is -2.27. The number of aromatic nitrogens is 1. The number of rotatable bonds is 5. The minimum absolute atomic E-state index is 0.0271. The van der Waals surface area contributed by atoms with Gasteiger partial charge in [-0.2, -0.15) is 0 Å². The fourth-order valence-electron chi connectivity index (χ4n) is 2.84. The molecule has 4 nitrogen and oxygen atoms in total. The lowest BCUT2D eigenvalue weighted by atomic mass is 10.1. The second-order valence-electron chi connectivity index (χ2n) is 5.73. The Morgan fingerprint density at radius 1 is 1.17 bits per heavy atom. The Balaban J connectivity index is 1.61. The van der Waals surface area contributed by atoms with Crippen LogP contribution in [0.15, 0.2) is 54.7 Å². The Hall–Kier alpha value is -2.75. The topological polar surface area (TPSA) is 54.3 Å². The van der Waals surface area contributed by atoms with Crippen molar-refractivity contribution in [3.63, 3.8) is 0 Å². The monoisotopic (exact) mass is 308 g/mol. The average Bonchev–Trinajstić information content (AvgIpc) is 2.84. The van der Waals surface area contributed by atoms with E-state index in [4.69, 9.17) is 0 Å². The number of aryl methyl sites for hydroxylation is 1. The highest BCUT2D eigenvalue weighted by Gasteiger charge is 2.08. The van der Waals surface area contributed by atoms with E-state index in [0.717, 1.165) is 28.5 Å². The lowest BCUT2D eigenvalue weighted by Gasteiger charge is -2.05. The molecule has 0 fully saturated rings. The van der Waals surface area contributed by atoms with Crippen molar-refractivity contribution in [1.29, 1.82) is 0 Å². The fourth-order valence-corrected chi connectivity index (χ4v) is 2.84. The predicted octanol–water partition coefficient (Wildman–Crippen LogP) is 2.79. The first-order valence-electron chi connectivity index (χ1n) is 7.71. The van der Waals surface area contributed by atoms with E-state index in [1.54, 1.807) is 12.1 Å². The van der Waals surface area contributed by atoms with Crippen LogP contribution in [0.1, 0.15) is 11.1 Å². The number of benzene rings is 2. The van der Waals surface area contributed by atoms with Gasteiger partial charge in [-0.3, -0.25) is 4.79 Å². The number of phenolic OH excluding ortho intramolecular Hbond substituents is 1. The molecule has 2 N–H and O–H groups in total. The van der Waals surface area contributed by atoms with Crippen LogP contribution in [-0.2, 0) is 24.7 Å². The number of hydrogen-bond donors (Lipinski definition) is 2. The molecule has 0 bridgehead atoms. The maximum Gasteiger partial charge on any atom is 0.224 e. The van der Waals surface area contributed by atoms with E-state index >= 15 is 0 Å². The van der Waals surface area contributed by atoms with Crippen LogP contribution in [0.4, 0.5) is 0 Å². The molecule has 118 valence electrons. The van der Waals surface area contributed by atoms with Crippen molar-refractivity contribution in [3.05, 3.63) is 65.9 Å². The maximum absolute atomic E-state index is 12.0. The summed E-state index contributed by atoms with van der Waals surface area (Å²) in [5.41, 5.74) is 3.21. The standard InChI is InChI=1S/C19H20N2O2/c1-21-13-15(17-12-16(22)7-8-18(17)21)9-10-20-19(23)11-14-5-3-2-4-6-14/h2-8,12-13,22H,9-11H2,1H3,(H,20,23). The van der Waals surface area contributed by atoms with Crippen LogP contribution >= 0.6 is 0 Å². The van der Waals surface area contributed by atoms with Gasteiger partial charge in [0.15, 0.2) is 0 Å². The smallest absolute Gasteiger partial charge is 0.224 e. The molecule has 1 amide bonds. The number of nitrogens with one attached hydrogen (secondary N) is 1. The van der Waals surface area contributed by atoms with Crippen molar-refractivity contribution in [1.82, 2.24) is 9.88 Å². The van der Waals surface area contributed by atoms with Crippen molar-refractivity contribution >= 4 is 16.8 Å². The van der Waals surface area contributed by atoms with Gasteiger partial charge >= 0.3 is 0 Å². The molecule has 0 radical (unpaired) electrons. The Labute approximate surface area is 135 Å². The number of phenols is 1. The van der Waals surface area contributed by atoms with E-state index in [1.165, 1.54) is 0 Å². The van der Waals surface area contributed by atoms with Crippen LogP contribution in [0.5, 0.6) is 5.75 Å². The van der Waals surface area contributed by atoms with Gasteiger partial charge < -0.3 is 15.0 Å². The van der Waals surface area contributed by atoms with Crippen LogP contribution in [0.2, 0.25) is 0 Å². The molecule has 0 saturated heterocycles. The molecule has 0 aliphatic heterocycles. The van der Waals surface area contributed by atoms with Gasteiger partial charge in [0, 0.05) is 30.7 Å². The van der Waals surface area contributed by atoms with Gasteiger partial charge in [0.1, 0.15) is 5.75 Å². The van der Waals surface area contributed by atoms with Crippen LogP contribution < -0.4 is 5.32 Å². The number of fused-ring (bicyclic) bond motifs is 1. The lowest BCUT2D eigenvalue weighted by molar-refractivity contribution is -0.120. The van der Waals surface area contributed by atoms with Gasteiger partial charge in [0.25, 0.3) is 0 Å². The summed E-state index contributed by atoms with van der Waals surface area (Å²) in [6, 6.07) is 15.1. The maximum atomic E-state index is 12.0. The summed E-state index contributed by atoms with van der Waals surface area (Å²) in [5, 5.41) is 13.7. The summed E-state index contributed by atoms with van der Waals surface area (Å²) in [7, 11) is 1.98. The number of hydrogen-bond acceptors (Lipinski definition) is 2. The van der Waals surface area contributed by atoms with Crippen LogP contribution in [0.25, 0.3) is 10.9 Å². The van der Waals surface area contributed by atoms with E-state index in [9.17, 15) is 9.90 Å². The van der Waals surface area contributed by atoms with Crippen molar-refractivity contribution < 1.29 is 9.90 Å². The van der Waals surface area contributed by atoms with Gasteiger partial charge in [-0.05, 0) is 35.7 Å². The first-order valence-corrected chi connectivity index (χ1v) is 7.71. The Morgan fingerprint density at radius 3 is 2.74 bits per heavy atom. The summed E-state index contributed by atoms with van der Waals surface area (Å²) in [5.74, 6) is 0.289. The zero-order valence-corrected chi connectivity index (χ0v) is 13.1. The van der Waals surface area contributed by atoms with E-state index in [1.807, 2.05) is 54.2 Å². The summed E-state index contributed by atoms with van der Waals surface area (Å²) < 4.78 is 2.04. The second kappa shape index (κ2) is 6.57. The molecule has 0 saturated carbocycles. The molecule has 1 heterocycles. The van der Waals surface area contributed by atoms with Gasteiger partial charge in [-0.1, -0.05) is 30.3 Å². The van der Waals surface area contributed by atoms with E-state index < -0.39 is 0 Å². The van der Waals surface area contributed by atoms with Crippen LogP contribution in [-0.4, -0.2) is 22.1 Å². The normalized spacial score (nSPS) is 10.8. The first-order chi connectivity index (χ1) is 11.1. The molecule has 1 aromatic heterocycles. The average molecular weight is 308 g/mol. The van der Waals surface area contributed by atoms with Crippen LogP contribution in [0, 0.1) is 0 Å². The second-order valence-corrected chi connectivity index (χ2v) is 5.73. The van der Waals surface area contributed by atoms with Crippen molar-refractivity contribution in [2.75, 3.05) is 6.54 Å². The summed E-state index contributed by atoms with van der Waals surface area (Å²) in [6.07, 6.45) is 3.19. The molecule has 0 spiro atoms. The molecule has 23 heavy (non-hydrogen) atoms. The summed E-state index contributed by atoms with van der Waals surface area (Å²) >= 11 is 0.